The highest BCUT2D eigenvalue weighted by Gasteiger charge is 2.25. The van der Waals surface area contributed by atoms with E-state index >= 15 is 0 Å². The molecule has 0 heterocycles. The van der Waals surface area contributed by atoms with Crippen molar-refractivity contribution in [2.45, 2.75) is 83.0 Å². The van der Waals surface area contributed by atoms with Gasteiger partial charge in [-0.15, -0.1) is 0 Å². The summed E-state index contributed by atoms with van der Waals surface area (Å²) in [5.74, 6) is 4.46. The van der Waals surface area contributed by atoms with Gasteiger partial charge in [-0.05, 0) is 79.9 Å². The zero-order valence-corrected chi connectivity index (χ0v) is 17.0. The monoisotopic (exact) mass is 372 g/mol. The van der Waals surface area contributed by atoms with Crippen molar-refractivity contribution in [3.05, 3.63) is 42.2 Å². The van der Waals surface area contributed by atoms with E-state index in [4.69, 9.17) is 4.74 Å². The number of hydrogen-bond acceptors (Lipinski definition) is 1. The summed E-state index contributed by atoms with van der Waals surface area (Å²) in [5.41, 5.74) is 1.50. The van der Waals surface area contributed by atoms with Crippen LogP contribution in [0.4, 0.5) is 4.39 Å². The molecule has 0 atom stereocenters. The molecule has 0 N–H and O–H groups in total. The third-order valence-corrected chi connectivity index (χ3v) is 7.21. The van der Waals surface area contributed by atoms with Crippen molar-refractivity contribution in [3.8, 4) is 5.75 Å². The van der Waals surface area contributed by atoms with Crippen LogP contribution in [0.2, 0.25) is 0 Å². The lowest BCUT2D eigenvalue weighted by atomic mass is 9.74. The molecule has 2 saturated carbocycles. The maximum absolute atomic E-state index is 12.1. The highest BCUT2D eigenvalue weighted by atomic mass is 19.1. The van der Waals surface area contributed by atoms with Gasteiger partial charge in [-0.2, -0.15) is 0 Å². The normalized spacial score (nSPS) is 29.1. The fraction of sp³-hybridized carbons (Fsp3) is 0.680. The van der Waals surface area contributed by atoms with Gasteiger partial charge in [-0.3, -0.25) is 0 Å². The van der Waals surface area contributed by atoms with Crippen LogP contribution in [-0.4, -0.2) is 7.11 Å². The molecule has 0 aromatic heterocycles. The summed E-state index contributed by atoms with van der Waals surface area (Å²) < 4.78 is 17.3. The van der Waals surface area contributed by atoms with Crippen LogP contribution in [0.3, 0.4) is 0 Å². The second kappa shape index (κ2) is 10.9. The molecule has 0 unspecified atom stereocenters. The van der Waals surface area contributed by atoms with E-state index in [-0.39, 0.29) is 0 Å². The van der Waals surface area contributed by atoms with Crippen molar-refractivity contribution in [2.75, 3.05) is 7.11 Å². The van der Waals surface area contributed by atoms with Crippen molar-refractivity contribution in [1.82, 2.24) is 0 Å². The second-order valence-electron chi connectivity index (χ2n) is 8.89. The lowest BCUT2D eigenvalue weighted by Crippen LogP contribution is -2.17. The summed E-state index contributed by atoms with van der Waals surface area (Å²) in [7, 11) is 1.73. The number of methoxy groups -OCH3 is 1. The smallest absolute Gasteiger partial charge is 0.118 e. The Kier molecular flexibility index (Phi) is 8.23. The highest BCUT2D eigenvalue weighted by molar-refractivity contribution is 5.29. The van der Waals surface area contributed by atoms with E-state index in [9.17, 15) is 4.39 Å². The zero-order valence-electron chi connectivity index (χ0n) is 17.0. The largest absolute Gasteiger partial charge is 0.497 e. The van der Waals surface area contributed by atoms with Crippen LogP contribution in [0.1, 0.15) is 88.5 Å². The van der Waals surface area contributed by atoms with Gasteiger partial charge in [0.25, 0.3) is 0 Å². The van der Waals surface area contributed by atoms with Gasteiger partial charge in [0.15, 0.2) is 0 Å². The SMILES string of the molecule is COc1ccc([C@H]2CC[C@H](CC[C@H]3CC[C@H](CCC=CF)CC3)CC2)cc1. The zero-order chi connectivity index (χ0) is 18.9. The van der Waals surface area contributed by atoms with E-state index in [1.54, 1.807) is 13.2 Å². The summed E-state index contributed by atoms with van der Waals surface area (Å²) in [4.78, 5) is 0. The van der Waals surface area contributed by atoms with E-state index in [1.807, 2.05) is 0 Å². The molecule has 0 bridgehead atoms. The molecule has 2 heteroatoms. The van der Waals surface area contributed by atoms with Crippen LogP contribution in [0.5, 0.6) is 5.75 Å². The highest BCUT2D eigenvalue weighted by Crippen LogP contribution is 2.40. The Bertz CT molecular complexity index is 548. The third kappa shape index (κ3) is 6.36. The first kappa shape index (κ1) is 20.4. The lowest BCUT2D eigenvalue weighted by Gasteiger charge is -2.32. The van der Waals surface area contributed by atoms with Crippen molar-refractivity contribution >= 4 is 0 Å². The molecule has 0 spiro atoms. The molecule has 1 nitrogen and oxygen atoms in total. The van der Waals surface area contributed by atoms with Crippen molar-refractivity contribution in [1.29, 1.82) is 0 Å². The molecular formula is C25H37FO. The summed E-state index contributed by atoms with van der Waals surface area (Å²) >= 11 is 0. The van der Waals surface area contributed by atoms with E-state index in [0.717, 1.165) is 35.8 Å². The first-order valence-corrected chi connectivity index (χ1v) is 11.2. The molecule has 0 saturated heterocycles. The summed E-state index contributed by atoms with van der Waals surface area (Å²) in [5, 5.41) is 0. The van der Waals surface area contributed by atoms with Gasteiger partial charge in [-0.1, -0.05) is 56.7 Å². The van der Waals surface area contributed by atoms with E-state index < -0.39 is 0 Å². The molecule has 0 aliphatic heterocycles. The Morgan fingerprint density at radius 2 is 1.33 bits per heavy atom. The quantitative estimate of drug-likeness (QED) is 0.452. The number of rotatable bonds is 8. The molecule has 1 aromatic rings. The minimum absolute atomic E-state index is 0.703. The topological polar surface area (TPSA) is 9.23 Å². The number of benzene rings is 1. The average molecular weight is 373 g/mol. The Morgan fingerprint density at radius 3 is 1.85 bits per heavy atom. The second-order valence-corrected chi connectivity index (χ2v) is 8.89. The standard InChI is InChI=1S/C25H37FO/c1-27-25-17-15-24(16-18-25)23-13-11-22(12-14-23)10-9-21-7-5-20(6-8-21)4-2-3-19-26/h3,15-23H,2,4-14H2,1H3/t20-,21-,22-,23-. The van der Waals surface area contributed by atoms with Crippen LogP contribution in [0.25, 0.3) is 0 Å². The Balaban J connectivity index is 1.32. The molecule has 1 aromatic carbocycles. The fourth-order valence-corrected chi connectivity index (χ4v) is 5.34. The van der Waals surface area contributed by atoms with Crippen LogP contribution in [0.15, 0.2) is 36.7 Å². The maximum Gasteiger partial charge on any atom is 0.118 e. The summed E-state index contributed by atoms with van der Waals surface area (Å²) in [6, 6.07) is 8.72. The fourth-order valence-electron chi connectivity index (χ4n) is 5.34. The predicted octanol–water partition coefficient (Wildman–Crippen LogP) is 7.82. The lowest BCUT2D eigenvalue weighted by molar-refractivity contribution is 0.225. The molecule has 150 valence electrons. The Labute approximate surface area is 165 Å². The van der Waals surface area contributed by atoms with E-state index in [1.165, 1.54) is 76.2 Å². The van der Waals surface area contributed by atoms with Crippen LogP contribution in [-0.2, 0) is 0 Å². The number of allylic oxidation sites excluding steroid dienone is 1. The van der Waals surface area contributed by atoms with Gasteiger partial charge in [-0.25, -0.2) is 4.39 Å². The van der Waals surface area contributed by atoms with Gasteiger partial charge in [0.2, 0.25) is 0 Å². The average Bonchev–Trinajstić information content (AvgIpc) is 2.74. The van der Waals surface area contributed by atoms with Crippen LogP contribution in [0, 0.1) is 17.8 Å². The molecule has 27 heavy (non-hydrogen) atoms. The number of hydrogen-bond donors (Lipinski definition) is 0. The first-order valence-electron chi connectivity index (χ1n) is 11.2. The Hall–Kier alpha value is -1.31. The maximum atomic E-state index is 12.1. The predicted molar refractivity (Wildman–Crippen MR) is 112 cm³/mol. The van der Waals surface area contributed by atoms with Crippen molar-refractivity contribution < 1.29 is 9.13 Å². The Morgan fingerprint density at radius 1 is 0.815 bits per heavy atom. The molecule has 0 radical (unpaired) electrons. The molecule has 2 aliphatic carbocycles. The van der Waals surface area contributed by atoms with Gasteiger partial charge in [0.05, 0.1) is 13.4 Å². The molecule has 0 amide bonds. The number of ether oxygens (including phenoxy) is 1. The van der Waals surface area contributed by atoms with Crippen LogP contribution < -0.4 is 4.74 Å². The molecule has 3 rings (SSSR count). The van der Waals surface area contributed by atoms with E-state index in [0.29, 0.717) is 6.33 Å². The van der Waals surface area contributed by atoms with Crippen LogP contribution >= 0.6 is 0 Å². The summed E-state index contributed by atoms with van der Waals surface area (Å²) in [6.45, 7) is 0. The number of halogens is 1. The minimum Gasteiger partial charge on any atom is -0.497 e. The minimum atomic E-state index is 0.703. The van der Waals surface area contributed by atoms with Crippen molar-refractivity contribution in [3.63, 3.8) is 0 Å². The third-order valence-electron chi connectivity index (χ3n) is 7.21. The molecule has 2 fully saturated rings. The van der Waals surface area contributed by atoms with Gasteiger partial charge >= 0.3 is 0 Å². The summed E-state index contributed by atoms with van der Waals surface area (Å²) in [6.07, 6.45) is 18.4. The van der Waals surface area contributed by atoms with Gasteiger partial charge in [0.1, 0.15) is 5.75 Å². The molecular weight excluding hydrogens is 335 g/mol. The van der Waals surface area contributed by atoms with Gasteiger partial charge in [0, 0.05) is 0 Å². The first-order chi connectivity index (χ1) is 13.3. The van der Waals surface area contributed by atoms with E-state index in [2.05, 4.69) is 24.3 Å². The van der Waals surface area contributed by atoms with Crippen molar-refractivity contribution in [2.24, 2.45) is 17.8 Å². The van der Waals surface area contributed by atoms with Gasteiger partial charge < -0.3 is 4.74 Å². The molecule has 2 aliphatic rings.